The van der Waals surface area contributed by atoms with E-state index in [1.54, 1.807) is 13.0 Å². The number of carbonyl (C=O) groups is 1. The van der Waals surface area contributed by atoms with E-state index in [9.17, 15) is 14.0 Å². The molecule has 1 atom stereocenters. The molecule has 2 heterocycles. The van der Waals surface area contributed by atoms with E-state index in [4.69, 9.17) is 21.1 Å². The first-order valence-electron chi connectivity index (χ1n) is 12.3. The maximum atomic E-state index is 14.5. The predicted octanol–water partition coefficient (Wildman–Crippen LogP) is 5.33. The molecule has 0 bridgehead atoms. The summed E-state index contributed by atoms with van der Waals surface area (Å²) >= 11 is 7.30. The minimum absolute atomic E-state index is 0.0169. The van der Waals surface area contributed by atoms with E-state index in [0.717, 1.165) is 30.6 Å². The van der Waals surface area contributed by atoms with Crippen LogP contribution in [-0.2, 0) is 9.53 Å². The SMILES string of the molecule is C=CCOC(=O)C1=C(C)N=c2s/c(=C\c3c(F)cccc3Cl)c(=O)n2C1c1ccc(OCCCCC)cc1. The van der Waals surface area contributed by atoms with Crippen molar-refractivity contribution < 1.29 is 18.7 Å². The zero-order valence-corrected chi connectivity index (χ0v) is 22.8. The number of esters is 1. The van der Waals surface area contributed by atoms with Gasteiger partial charge in [0, 0.05) is 5.56 Å². The van der Waals surface area contributed by atoms with Gasteiger partial charge in [-0.25, -0.2) is 14.2 Å². The van der Waals surface area contributed by atoms with Crippen molar-refractivity contribution in [3.05, 3.63) is 108 Å². The minimum Gasteiger partial charge on any atom is -0.494 e. The van der Waals surface area contributed by atoms with Crippen LogP contribution in [0.15, 0.2) is 76.2 Å². The third kappa shape index (κ3) is 5.81. The minimum atomic E-state index is -0.795. The first-order chi connectivity index (χ1) is 18.3. The molecule has 9 heteroatoms. The lowest BCUT2D eigenvalue weighted by Crippen LogP contribution is -2.40. The Labute approximate surface area is 229 Å². The number of fused-ring (bicyclic) bond motifs is 1. The second-order valence-electron chi connectivity index (χ2n) is 8.73. The van der Waals surface area contributed by atoms with Crippen molar-refractivity contribution in [2.45, 2.75) is 39.2 Å². The van der Waals surface area contributed by atoms with Gasteiger partial charge in [0.25, 0.3) is 5.56 Å². The zero-order valence-electron chi connectivity index (χ0n) is 21.2. The molecule has 6 nitrogen and oxygen atoms in total. The van der Waals surface area contributed by atoms with E-state index in [1.807, 2.05) is 24.3 Å². The fraction of sp³-hybridized carbons (Fsp3) is 0.276. The van der Waals surface area contributed by atoms with Gasteiger partial charge in [0.2, 0.25) is 0 Å². The lowest BCUT2D eigenvalue weighted by atomic mass is 9.96. The molecule has 198 valence electrons. The van der Waals surface area contributed by atoms with Crippen LogP contribution in [0.3, 0.4) is 0 Å². The maximum absolute atomic E-state index is 14.5. The number of allylic oxidation sites excluding steroid dienone is 1. The quantitative estimate of drug-likeness (QED) is 0.193. The van der Waals surface area contributed by atoms with E-state index < -0.39 is 23.4 Å². The molecule has 1 aliphatic rings. The van der Waals surface area contributed by atoms with Crippen LogP contribution in [0.1, 0.15) is 50.3 Å². The molecule has 0 N–H and O–H groups in total. The monoisotopic (exact) mass is 554 g/mol. The summed E-state index contributed by atoms with van der Waals surface area (Å²) in [6, 6.07) is 10.8. The summed E-state index contributed by atoms with van der Waals surface area (Å²) in [6.45, 7) is 8.06. The Morgan fingerprint density at radius 1 is 1.24 bits per heavy atom. The van der Waals surface area contributed by atoms with Crippen molar-refractivity contribution in [3.8, 4) is 5.75 Å². The Bertz CT molecular complexity index is 1540. The van der Waals surface area contributed by atoms with Crippen LogP contribution in [0.4, 0.5) is 4.39 Å². The summed E-state index contributed by atoms with van der Waals surface area (Å²) in [4.78, 5) is 31.7. The first kappa shape index (κ1) is 27.5. The molecule has 0 saturated heterocycles. The van der Waals surface area contributed by atoms with E-state index in [-0.39, 0.29) is 27.3 Å². The molecule has 1 unspecified atom stereocenters. The number of carbonyl (C=O) groups excluding carboxylic acids is 1. The number of benzene rings is 2. The van der Waals surface area contributed by atoms with Gasteiger partial charge < -0.3 is 9.47 Å². The largest absolute Gasteiger partial charge is 0.494 e. The number of unbranched alkanes of at least 4 members (excludes halogenated alkanes) is 2. The fourth-order valence-corrected chi connectivity index (χ4v) is 5.42. The van der Waals surface area contributed by atoms with Gasteiger partial charge in [0.1, 0.15) is 18.2 Å². The Kier molecular flexibility index (Phi) is 8.97. The summed E-state index contributed by atoms with van der Waals surface area (Å²) < 4.78 is 27.4. The van der Waals surface area contributed by atoms with Crippen molar-refractivity contribution in [3.63, 3.8) is 0 Å². The second-order valence-corrected chi connectivity index (χ2v) is 10.1. The van der Waals surface area contributed by atoms with Gasteiger partial charge in [-0.1, -0.05) is 73.6 Å². The average molecular weight is 555 g/mol. The highest BCUT2D eigenvalue weighted by atomic mass is 35.5. The summed E-state index contributed by atoms with van der Waals surface area (Å²) in [5, 5.41) is 0.187. The Morgan fingerprint density at radius 2 is 2.00 bits per heavy atom. The second kappa shape index (κ2) is 12.4. The van der Waals surface area contributed by atoms with Gasteiger partial charge in [0.15, 0.2) is 4.80 Å². The number of hydrogen-bond donors (Lipinski definition) is 0. The predicted molar refractivity (Wildman–Crippen MR) is 148 cm³/mol. The number of aromatic nitrogens is 1. The van der Waals surface area contributed by atoms with E-state index in [1.165, 1.54) is 28.9 Å². The van der Waals surface area contributed by atoms with Crippen LogP contribution >= 0.6 is 22.9 Å². The normalized spacial score (nSPS) is 15.2. The lowest BCUT2D eigenvalue weighted by Gasteiger charge is -2.24. The van der Waals surface area contributed by atoms with Crippen LogP contribution in [0.5, 0.6) is 5.75 Å². The van der Waals surface area contributed by atoms with Gasteiger partial charge in [-0.05, 0) is 49.2 Å². The number of nitrogens with zero attached hydrogens (tertiary/aromatic N) is 2. The van der Waals surface area contributed by atoms with E-state index in [0.29, 0.717) is 28.4 Å². The van der Waals surface area contributed by atoms with Crippen molar-refractivity contribution >= 4 is 35.0 Å². The molecule has 0 fully saturated rings. The molecule has 3 aromatic rings. The molecular formula is C29H28ClFN2O4S. The van der Waals surface area contributed by atoms with E-state index >= 15 is 0 Å². The van der Waals surface area contributed by atoms with Gasteiger partial charge >= 0.3 is 5.97 Å². The molecule has 0 spiro atoms. The maximum Gasteiger partial charge on any atom is 0.338 e. The van der Waals surface area contributed by atoms with Crippen molar-refractivity contribution in [1.82, 2.24) is 4.57 Å². The third-order valence-electron chi connectivity index (χ3n) is 6.06. The summed E-state index contributed by atoms with van der Waals surface area (Å²) in [5.74, 6) is -0.440. The Hall–Kier alpha value is -3.49. The molecule has 0 aliphatic carbocycles. The van der Waals surface area contributed by atoms with Crippen molar-refractivity contribution in [2.24, 2.45) is 4.99 Å². The Balaban J connectivity index is 1.82. The molecular weight excluding hydrogens is 527 g/mol. The highest BCUT2D eigenvalue weighted by Gasteiger charge is 2.33. The van der Waals surface area contributed by atoms with Gasteiger partial charge in [-0.15, -0.1) is 0 Å². The molecule has 1 aliphatic heterocycles. The summed E-state index contributed by atoms with van der Waals surface area (Å²) in [7, 11) is 0. The third-order valence-corrected chi connectivity index (χ3v) is 7.37. The lowest BCUT2D eigenvalue weighted by molar-refractivity contribution is -0.138. The van der Waals surface area contributed by atoms with Crippen molar-refractivity contribution in [2.75, 3.05) is 13.2 Å². The molecule has 1 aromatic heterocycles. The number of thiazole rings is 1. The summed E-state index contributed by atoms with van der Waals surface area (Å²) in [5.41, 5.74) is 1.05. The van der Waals surface area contributed by atoms with Gasteiger partial charge in [-0.3, -0.25) is 9.36 Å². The summed E-state index contributed by atoms with van der Waals surface area (Å²) in [6.07, 6.45) is 6.04. The Morgan fingerprint density at radius 3 is 2.68 bits per heavy atom. The average Bonchev–Trinajstić information content (AvgIpc) is 3.21. The number of rotatable bonds is 10. The van der Waals surface area contributed by atoms with Crippen LogP contribution in [0, 0.1) is 5.82 Å². The first-order valence-corrected chi connectivity index (χ1v) is 13.5. The highest BCUT2D eigenvalue weighted by Crippen LogP contribution is 2.32. The van der Waals surface area contributed by atoms with Gasteiger partial charge in [0.05, 0.1) is 33.5 Å². The molecule has 2 aromatic carbocycles. The van der Waals surface area contributed by atoms with Crippen LogP contribution in [0.2, 0.25) is 5.02 Å². The smallest absolute Gasteiger partial charge is 0.338 e. The molecule has 0 radical (unpaired) electrons. The number of hydrogen-bond acceptors (Lipinski definition) is 6. The van der Waals surface area contributed by atoms with Gasteiger partial charge in [-0.2, -0.15) is 0 Å². The molecule has 38 heavy (non-hydrogen) atoms. The number of halogens is 2. The topological polar surface area (TPSA) is 69.9 Å². The van der Waals surface area contributed by atoms with Crippen LogP contribution in [-0.4, -0.2) is 23.8 Å². The standard InChI is InChI=1S/C29H28ClFN2O4S/c1-4-6-7-16-36-20-13-11-19(12-14-20)26-25(28(35)37-15-5-2)18(3)32-29-33(26)27(34)24(38-29)17-21-22(30)9-8-10-23(21)31/h5,8-14,17,26H,2,4,6-7,15-16H2,1,3H3/b24-17-. The molecule has 0 amide bonds. The highest BCUT2D eigenvalue weighted by molar-refractivity contribution is 7.07. The van der Waals surface area contributed by atoms with Crippen LogP contribution < -0.4 is 19.6 Å². The fourth-order valence-electron chi connectivity index (χ4n) is 4.18. The van der Waals surface area contributed by atoms with E-state index in [2.05, 4.69) is 18.5 Å². The number of ether oxygens (including phenoxy) is 2. The molecule has 0 saturated carbocycles. The zero-order chi connectivity index (χ0) is 27.2. The van der Waals surface area contributed by atoms with Crippen LogP contribution in [0.25, 0.3) is 6.08 Å². The van der Waals surface area contributed by atoms with Crippen molar-refractivity contribution in [1.29, 1.82) is 0 Å². The molecule has 4 rings (SSSR count).